The molecule has 0 aliphatic rings. The summed E-state index contributed by atoms with van der Waals surface area (Å²) in [7, 11) is 0. The molecule has 2 unspecified atom stereocenters. The van der Waals surface area contributed by atoms with Gasteiger partial charge in [0.2, 0.25) is 11.5 Å². The molecule has 0 aliphatic heterocycles. The highest BCUT2D eigenvalue weighted by molar-refractivity contribution is 5.75. The van der Waals surface area contributed by atoms with Crippen LogP contribution in [-0.4, -0.2) is 0 Å². The first-order valence-corrected chi connectivity index (χ1v) is 5.71. The van der Waals surface area contributed by atoms with E-state index in [0.717, 1.165) is 0 Å². The largest absolute Gasteiger partial charge is 0.570 e. The van der Waals surface area contributed by atoms with Gasteiger partial charge in [-0.25, -0.2) is 0 Å². The maximum absolute atomic E-state index is 10.9. The standard InChI is InChI=1S/C12H14N4O4/c13-15(17)19-11-7-3-1-5-9(11)10-6-2-4-8-12(10)20-16(14)18/h1-8,15-16H,13-14H2. The monoisotopic (exact) mass is 278 g/mol. The van der Waals surface area contributed by atoms with Crippen LogP contribution in [0.15, 0.2) is 48.5 Å². The van der Waals surface area contributed by atoms with Crippen molar-refractivity contribution in [1.29, 1.82) is 0 Å². The molecule has 0 bridgehead atoms. The van der Waals surface area contributed by atoms with Crippen LogP contribution in [0.2, 0.25) is 0 Å². The number of benzene rings is 2. The fourth-order valence-electron chi connectivity index (χ4n) is 1.77. The second-order valence-electron chi connectivity index (χ2n) is 3.83. The van der Waals surface area contributed by atoms with Gasteiger partial charge in [0.05, 0.1) is 0 Å². The molecule has 0 saturated carbocycles. The Balaban J connectivity index is 2.46. The summed E-state index contributed by atoms with van der Waals surface area (Å²) in [6.45, 7) is 0. The highest BCUT2D eigenvalue weighted by Crippen LogP contribution is 2.34. The zero-order valence-electron chi connectivity index (χ0n) is 10.4. The van der Waals surface area contributed by atoms with Gasteiger partial charge in [-0.2, -0.15) is 0 Å². The van der Waals surface area contributed by atoms with Gasteiger partial charge in [-0.15, -0.1) is 22.4 Å². The Kier molecular flexibility index (Phi) is 4.48. The maximum atomic E-state index is 10.9. The van der Waals surface area contributed by atoms with Gasteiger partial charge in [0.25, 0.3) is 0 Å². The van der Waals surface area contributed by atoms with Gasteiger partial charge in [-0.1, -0.05) is 36.4 Å². The predicted octanol–water partition coefficient (Wildman–Crippen LogP) is -1.55. The topological polar surface area (TPSA) is 126 Å². The first-order valence-electron chi connectivity index (χ1n) is 5.71. The van der Waals surface area contributed by atoms with E-state index in [-0.39, 0.29) is 11.5 Å². The van der Waals surface area contributed by atoms with Crippen molar-refractivity contribution in [1.82, 2.24) is 0 Å². The second kappa shape index (κ2) is 6.30. The van der Waals surface area contributed by atoms with Crippen molar-refractivity contribution in [2.24, 2.45) is 11.7 Å². The van der Waals surface area contributed by atoms with Crippen LogP contribution in [0.1, 0.15) is 0 Å². The lowest BCUT2D eigenvalue weighted by atomic mass is 10.0. The van der Waals surface area contributed by atoms with E-state index in [9.17, 15) is 10.4 Å². The number of hydrogen-bond donors (Lipinski definition) is 4. The third kappa shape index (κ3) is 3.42. The number of para-hydroxylation sites is 2. The van der Waals surface area contributed by atoms with Crippen molar-refractivity contribution < 1.29 is 20.3 Å². The zero-order valence-corrected chi connectivity index (χ0v) is 10.4. The molecule has 8 heteroatoms. The van der Waals surface area contributed by atoms with Crippen molar-refractivity contribution in [2.45, 2.75) is 0 Å². The van der Waals surface area contributed by atoms with E-state index in [2.05, 4.69) is 0 Å². The summed E-state index contributed by atoms with van der Waals surface area (Å²) in [5.74, 6) is 10.6. The molecule has 0 heterocycles. The third-order valence-corrected chi connectivity index (χ3v) is 2.49. The van der Waals surface area contributed by atoms with Crippen molar-refractivity contribution >= 4 is 0 Å². The van der Waals surface area contributed by atoms with Crippen LogP contribution in [0.5, 0.6) is 11.5 Å². The minimum Gasteiger partial charge on any atom is -0.570 e. The minimum atomic E-state index is -0.925. The highest BCUT2D eigenvalue weighted by Gasteiger charge is 2.14. The average molecular weight is 278 g/mol. The molecule has 0 amide bonds. The van der Waals surface area contributed by atoms with Gasteiger partial charge in [-0.3, -0.25) is 9.68 Å². The molecule has 0 fully saturated rings. The molecule has 2 aromatic rings. The molecule has 2 aromatic carbocycles. The second-order valence-corrected chi connectivity index (χ2v) is 3.83. The van der Waals surface area contributed by atoms with Gasteiger partial charge in [0.15, 0.2) is 0 Å². The number of nitrogens with one attached hydrogen (secondary N) is 2. The van der Waals surface area contributed by atoms with Crippen LogP contribution in [0, 0.1) is 10.4 Å². The minimum absolute atomic E-state index is 0.264. The smallest absolute Gasteiger partial charge is 0.201 e. The highest BCUT2D eigenvalue weighted by atomic mass is 16.9. The Labute approximate surface area is 114 Å². The van der Waals surface area contributed by atoms with Gasteiger partial charge in [0, 0.05) is 11.1 Å². The summed E-state index contributed by atoms with van der Waals surface area (Å²) in [6.07, 6.45) is 0. The average Bonchev–Trinajstić information content (AvgIpc) is 2.39. The molecule has 0 aromatic heterocycles. The molecular formula is C12H14N4O4. The molecular weight excluding hydrogens is 264 g/mol. The van der Waals surface area contributed by atoms with Gasteiger partial charge in [-0.05, 0) is 12.1 Å². The third-order valence-electron chi connectivity index (χ3n) is 2.49. The summed E-state index contributed by atoms with van der Waals surface area (Å²) in [5.41, 5.74) is 1.12. The number of rotatable bonds is 5. The predicted molar refractivity (Wildman–Crippen MR) is 70.2 cm³/mol. The Morgan fingerprint density at radius 1 is 0.700 bits per heavy atom. The molecule has 6 N–H and O–H groups in total. The van der Waals surface area contributed by atoms with Crippen LogP contribution in [0.3, 0.4) is 0 Å². The molecule has 0 spiro atoms. The van der Waals surface area contributed by atoms with E-state index < -0.39 is 10.7 Å². The van der Waals surface area contributed by atoms with Crippen molar-refractivity contribution in [3.63, 3.8) is 0 Å². The summed E-state index contributed by atoms with van der Waals surface area (Å²) < 4.78 is 0. The Bertz CT molecular complexity index is 525. The van der Waals surface area contributed by atoms with Crippen LogP contribution in [-0.2, 0) is 0 Å². The number of nitrogens with two attached hydrogens (primary N) is 2. The summed E-state index contributed by atoms with van der Waals surface area (Å²) in [5, 5.41) is 20.0. The molecule has 0 radical (unpaired) electrons. The lowest BCUT2D eigenvalue weighted by Crippen LogP contribution is -3.15. The van der Waals surface area contributed by atoms with Crippen molar-refractivity contribution in [2.75, 3.05) is 0 Å². The molecule has 0 saturated heterocycles. The van der Waals surface area contributed by atoms with Gasteiger partial charge < -0.3 is 10.4 Å². The van der Waals surface area contributed by atoms with Crippen LogP contribution >= 0.6 is 0 Å². The fraction of sp³-hybridized carbons (Fsp3) is 0. The summed E-state index contributed by atoms with van der Waals surface area (Å²) in [4.78, 5) is 9.85. The molecule has 20 heavy (non-hydrogen) atoms. The van der Waals surface area contributed by atoms with E-state index in [1.54, 1.807) is 48.5 Å². The summed E-state index contributed by atoms with van der Waals surface area (Å²) >= 11 is 0. The molecule has 2 rings (SSSR count). The SMILES string of the molecule is N[NH+]([O-])Oc1ccccc1-c1ccccc1O[NH+](N)[O-]. The number of hydrogen-bond acceptors (Lipinski definition) is 6. The van der Waals surface area contributed by atoms with Crippen molar-refractivity contribution in [3.8, 4) is 22.6 Å². The lowest BCUT2D eigenvalue weighted by Gasteiger charge is -2.18. The van der Waals surface area contributed by atoms with Gasteiger partial charge in [0.1, 0.15) is 0 Å². The fourth-order valence-corrected chi connectivity index (χ4v) is 1.77. The normalized spacial score (nSPS) is 13.6. The number of quaternary nitrogens is 2. The first kappa shape index (κ1) is 14.2. The molecule has 2 atom stereocenters. The molecule has 8 nitrogen and oxygen atoms in total. The Morgan fingerprint density at radius 3 is 1.40 bits per heavy atom. The Hall–Kier alpha value is -2.20. The van der Waals surface area contributed by atoms with E-state index in [0.29, 0.717) is 11.1 Å². The van der Waals surface area contributed by atoms with Crippen LogP contribution in [0.25, 0.3) is 11.1 Å². The quantitative estimate of drug-likeness (QED) is 0.388. The van der Waals surface area contributed by atoms with Crippen LogP contribution in [0.4, 0.5) is 0 Å². The van der Waals surface area contributed by atoms with E-state index >= 15 is 0 Å². The van der Waals surface area contributed by atoms with Gasteiger partial charge >= 0.3 is 0 Å². The molecule has 106 valence electrons. The summed E-state index contributed by atoms with van der Waals surface area (Å²) in [6, 6.07) is 13.5. The Morgan fingerprint density at radius 2 is 1.05 bits per heavy atom. The zero-order chi connectivity index (χ0) is 14.5. The van der Waals surface area contributed by atoms with Crippen molar-refractivity contribution in [3.05, 3.63) is 58.9 Å². The van der Waals surface area contributed by atoms with E-state index in [1.165, 1.54) is 0 Å². The van der Waals surface area contributed by atoms with Crippen LogP contribution < -0.4 is 32.0 Å². The van der Waals surface area contributed by atoms with E-state index in [4.69, 9.17) is 21.4 Å². The lowest BCUT2D eigenvalue weighted by molar-refractivity contribution is -1.03. The first-order chi connectivity index (χ1) is 9.58. The van der Waals surface area contributed by atoms with E-state index in [1.807, 2.05) is 0 Å². The molecule has 0 aliphatic carbocycles. The maximum Gasteiger partial charge on any atom is 0.201 e.